The van der Waals surface area contributed by atoms with Gasteiger partial charge in [0.1, 0.15) is 0 Å². The van der Waals surface area contributed by atoms with E-state index in [1.807, 2.05) is 12.4 Å². The second-order valence-corrected chi connectivity index (χ2v) is 10.6. The molecule has 0 unspecified atom stereocenters. The predicted molar refractivity (Wildman–Crippen MR) is 143 cm³/mol. The van der Waals surface area contributed by atoms with Crippen LogP contribution < -0.4 is 0 Å². The Kier molecular flexibility index (Phi) is 11.4. The average molecular weight is 449 g/mol. The number of unbranched alkanes of at least 4 members (excludes halogenated alkanes) is 6. The van der Waals surface area contributed by atoms with Crippen molar-refractivity contribution in [2.75, 3.05) is 0 Å². The molecule has 0 aliphatic heterocycles. The first-order valence-electron chi connectivity index (χ1n) is 14.1. The van der Waals surface area contributed by atoms with Gasteiger partial charge in [0.15, 0.2) is 5.82 Å². The van der Waals surface area contributed by atoms with Crippen molar-refractivity contribution in [3.05, 3.63) is 47.3 Å². The summed E-state index contributed by atoms with van der Waals surface area (Å²) in [7, 11) is 0. The Morgan fingerprint density at radius 1 is 0.697 bits per heavy atom. The molecule has 1 aliphatic rings. The van der Waals surface area contributed by atoms with E-state index in [9.17, 15) is 0 Å². The quantitative estimate of drug-likeness (QED) is 0.269. The lowest BCUT2D eigenvalue weighted by Crippen LogP contribution is -2.15. The van der Waals surface area contributed by atoms with Crippen molar-refractivity contribution in [2.45, 2.75) is 124 Å². The van der Waals surface area contributed by atoms with Gasteiger partial charge in [-0.3, -0.25) is 0 Å². The van der Waals surface area contributed by atoms with Crippen LogP contribution in [0.25, 0.3) is 11.4 Å². The van der Waals surface area contributed by atoms with E-state index in [0.717, 1.165) is 30.5 Å². The fourth-order valence-electron chi connectivity index (χ4n) is 5.61. The van der Waals surface area contributed by atoms with Gasteiger partial charge in [0.05, 0.1) is 0 Å². The predicted octanol–water partition coefficient (Wildman–Crippen LogP) is 9.28. The first kappa shape index (κ1) is 25.9. The third kappa shape index (κ3) is 8.87. The Bertz CT molecular complexity index is 787. The van der Waals surface area contributed by atoms with E-state index in [-0.39, 0.29) is 0 Å². The molecule has 0 amide bonds. The number of hydrogen-bond acceptors (Lipinski definition) is 2. The Morgan fingerprint density at radius 3 is 1.97 bits per heavy atom. The monoisotopic (exact) mass is 448 g/mol. The molecule has 3 rings (SSSR count). The molecule has 1 saturated carbocycles. The van der Waals surface area contributed by atoms with E-state index in [0.29, 0.717) is 0 Å². The lowest BCUT2D eigenvalue weighted by atomic mass is 9.77. The van der Waals surface area contributed by atoms with Crippen molar-refractivity contribution in [2.24, 2.45) is 11.8 Å². The molecule has 2 aromatic rings. The maximum absolute atomic E-state index is 4.62. The highest BCUT2D eigenvalue weighted by Crippen LogP contribution is 2.34. The Labute approximate surface area is 204 Å². The summed E-state index contributed by atoms with van der Waals surface area (Å²) < 4.78 is 0. The van der Waals surface area contributed by atoms with Crippen molar-refractivity contribution in [3.63, 3.8) is 0 Å². The lowest BCUT2D eigenvalue weighted by Gasteiger charge is -2.28. The molecule has 1 aromatic carbocycles. The zero-order chi connectivity index (χ0) is 23.3. The van der Waals surface area contributed by atoms with Gasteiger partial charge < -0.3 is 0 Å². The summed E-state index contributed by atoms with van der Waals surface area (Å²) >= 11 is 0. The van der Waals surface area contributed by atoms with Crippen molar-refractivity contribution < 1.29 is 0 Å². The van der Waals surface area contributed by atoms with Crippen LogP contribution in [0.5, 0.6) is 0 Å². The summed E-state index contributed by atoms with van der Waals surface area (Å²) in [6, 6.07) is 6.90. The van der Waals surface area contributed by atoms with Crippen LogP contribution in [0.4, 0.5) is 0 Å². The van der Waals surface area contributed by atoms with Crippen LogP contribution in [0.15, 0.2) is 30.6 Å². The largest absolute Gasteiger partial charge is 0.236 e. The molecule has 1 aliphatic carbocycles. The number of aryl methyl sites for hydroxylation is 3. The van der Waals surface area contributed by atoms with Crippen LogP contribution in [0, 0.1) is 18.8 Å². The normalized spacial score (nSPS) is 18.5. The van der Waals surface area contributed by atoms with Gasteiger partial charge in [-0.1, -0.05) is 116 Å². The third-order valence-electron chi connectivity index (χ3n) is 7.80. The van der Waals surface area contributed by atoms with E-state index >= 15 is 0 Å². The lowest BCUT2D eigenvalue weighted by molar-refractivity contribution is 0.248. The summed E-state index contributed by atoms with van der Waals surface area (Å²) in [5.74, 6) is 2.81. The minimum atomic E-state index is 0.859. The molecule has 0 atom stereocenters. The summed E-state index contributed by atoms with van der Waals surface area (Å²) in [6.45, 7) is 6.70. The minimum absolute atomic E-state index is 0.859. The molecule has 0 spiro atoms. The van der Waals surface area contributed by atoms with Crippen LogP contribution in [0.1, 0.15) is 120 Å². The summed E-state index contributed by atoms with van der Waals surface area (Å²) in [4.78, 5) is 9.23. The zero-order valence-electron chi connectivity index (χ0n) is 21.7. The third-order valence-corrected chi connectivity index (χ3v) is 7.80. The average Bonchev–Trinajstić information content (AvgIpc) is 2.84. The van der Waals surface area contributed by atoms with Crippen LogP contribution >= 0.6 is 0 Å². The highest BCUT2D eigenvalue weighted by atomic mass is 14.9. The van der Waals surface area contributed by atoms with Crippen molar-refractivity contribution in [1.29, 1.82) is 0 Å². The van der Waals surface area contributed by atoms with Crippen molar-refractivity contribution in [3.8, 4) is 11.4 Å². The maximum atomic E-state index is 4.62. The molecule has 182 valence electrons. The number of aromatic nitrogens is 2. The zero-order valence-corrected chi connectivity index (χ0v) is 21.7. The molecule has 0 saturated heterocycles. The molecule has 0 N–H and O–H groups in total. The first-order chi connectivity index (χ1) is 16.2. The smallest absolute Gasteiger partial charge is 0.159 e. The molecule has 1 aromatic heterocycles. The Balaban J connectivity index is 1.36. The van der Waals surface area contributed by atoms with Crippen LogP contribution in [0.2, 0.25) is 0 Å². The summed E-state index contributed by atoms with van der Waals surface area (Å²) in [5.41, 5.74) is 5.18. The molecule has 1 fully saturated rings. The van der Waals surface area contributed by atoms with Gasteiger partial charge in [-0.15, -0.1) is 0 Å². The topological polar surface area (TPSA) is 25.8 Å². The van der Waals surface area contributed by atoms with Crippen molar-refractivity contribution >= 4 is 0 Å². The summed E-state index contributed by atoms with van der Waals surface area (Å²) in [6.07, 6.45) is 26.2. The SMILES string of the molecule is CCCCCCCCCC1CCC(CCc2ccc(-c3ncc(CCC)cn3)c(C)c2)CC1. The van der Waals surface area contributed by atoms with E-state index in [2.05, 4.69) is 48.9 Å². The van der Waals surface area contributed by atoms with Gasteiger partial charge in [-0.25, -0.2) is 9.97 Å². The molecule has 0 bridgehead atoms. The fourth-order valence-corrected chi connectivity index (χ4v) is 5.61. The van der Waals surface area contributed by atoms with Gasteiger partial charge in [-0.2, -0.15) is 0 Å². The molecule has 2 heteroatoms. The van der Waals surface area contributed by atoms with Crippen LogP contribution in [0.3, 0.4) is 0 Å². The fraction of sp³-hybridized carbons (Fsp3) is 0.677. The van der Waals surface area contributed by atoms with E-state index in [1.165, 1.54) is 112 Å². The van der Waals surface area contributed by atoms with Gasteiger partial charge in [0, 0.05) is 18.0 Å². The van der Waals surface area contributed by atoms with E-state index in [1.54, 1.807) is 0 Å². The van der Waals surface area contributed by atoms with Gasteiger partial charge >= 0.3 is 0 Å². The van der Waals surface area contributed by atoms with Gasteiger partial charge in [0.25, 0.3) is 0 Å². The van der Waals surface area contributed by atoms with Crippen LogP contribution in [-0.4, -0.2) is 9.97 Å². The standard InChI is InChI=1S/C31H48N2/c1-4-6-7-8-9-10-11-13-26-14-16-27(17-15-26)18-19-28-20-21-30(25(3)22-28)31-32-23-29(12-5-2)24-33-31/h20-24,26-27H,4-19H2,1-3H3. The molecule has 33 heavy (non-hydrogen) atoms. The van der Waals surface area contributed by atoms with E-state index < -0.39 is 0 Å². The maximum Gasteiger partial charge on any atom is 0.159 e. The van der Waals surface area contributed by atoms with E-state index in [4.69, 9.17) is 0 Å². The Hall–Kier alpha value is -1.70. The number of benzene rings is 1. The van der Waals surface area contributed by atoms with Crippen LogP contribution in [-0.2, 0) is 12.8 Å². The first-order valence-corrected chi connectivity index (χ1v) is 14.1. The summed E-state index contributed by atoms with van der Waals surface area (Å²) in [5, 5.41) is 0. The minimum Gasteiger partial charge on any atom is -0.236 e. The molecule has 1 heterocycles. The van der Waals surface area contributed by atoms with Gasteiger partial charge in [0.2, 0.25) is 0 Å². The highest BCUT2D eigenvalue weighted by Gasteiger charge is 2.20. The molecular formula is C31H48N2. The number of hydrogen-bond donors (Lipinski definition) is 0. The number of rotatable bonds is 14. The Morgan fingerprint density at radius 2 is 1.33 bits per heavy atom. The molecule has 0 radical (unpaired) electrons. The number of nitrogens with zero attached hydrogens (tertiary/aromatic N) is 2. The van der Waals surface area contributed by atoms with Gasteiger partial charge in [-0.05, 0) is 54.7 Å². The molecular weight excluding hydrogens is 400 g/mol. The highest BCUT2D eigenvalue weighted by molar-refractivity contribution is 5.60. The second kappa shape index (κ2) is 14.5. The second-order valence-electron chi connectivity index (χ2n) is 10.6. The molecule has 2 nitrogen and oxygen atoms in total. The van der Waals surface area contributed by atoms with Crippen molar-refractivity contribution in [1.82, 2.24) is 9.97 Å².